The highest BCUT2D eigenvalue weighted by atomic mass is 16.3. The molecule has 1 aromatic rings. The molecule has 2 heterocycles. The van der Waals surface area contributed by atoms with E-state index in [0.29, 0.717) is 30.3 Å². The molecule has 23 heavy (non-hydrogen) atoms. The van der Waals surface area contributed by atoms with E-state index in [1.165, 1.54) is 0 Å². The normalized spacial score (nSPS) is 19.7. The number of aryl methyl sites for hydroxylation is 2. The first-order valence-electron chi connectivity index (χ1n) is 8.46. The fourth-order valence-corrected chi connectivity index (χ4v) is 2.90. The lowest BCUT2D eigenvalue weighted by molar-refractivity contribution is -0.127. The maximum Gasteiger partial charge on any atom is 0.257 e. The number of likely N-dealkylation sites (tertiary alicyclic amines) is 1. The number of nitrogens with zero attached hydrogens (tertiary/aromatic N) is 1. The van der Waals surface area contributed by atoms with Gasteiger partial charge in [0, 0.05) is 19.1 Å². The number of hydrogen-bond donors (Lipinski definition) is 1. The molecule has 0 spiro atoms. The van der Waals surface area contributed by atoms with Gasteiger partial charge in [0.15, 0.2) is 0 Å². The second-order valence-electron chi connectivity index (χ2n) is 6.96. The lowest BCUT2D eigenvalue weighted by Crippen LogP contribution is -2.48. The lowest BCUT2D eigenvalue weighted by atomic mass is 9.95. The largest absolute Gasteiger partial charge is 0.466 e. The molecule has 128 valence electrons. The van der Waals surface area contributed by atoms with Crippen molar-refractivity contribution >= 4 is 11.8 Å². The molecule has 1 N–H and O–H groups in total. The molecule has 0 bridgehead atoms. The highest BCUT2D eigenvalue weighted by Gasteiger charge is 2.30. The summed E-state index contributed by atoms with van der Waals surface area (Å²) in [6.45, 7) is 11.0. The van der Waals surface area contributed by atoms with Crippen LogP contribution in [0, 0.1) is 25.7 Å². The van der Waals surface area contributed by atoms with Crippen LogP contribution in [0.5, 0.6) is 0 Å². The summed E-state index contributed by atoms with van der Waals surface area (Å²) in [7, 11) is 0. The van der Waals surface area contributed by atoms with E-state index in [-0.39, 0.29) is 23.8 Å². The maximum absolute atomic E-state index is 12.7. The summed E-state index contributed by atoms with van der Waals surface area (Å²) in [5.74, 6) is 1.69. The van der Waals surface area contributed by atoms with Gasteiger partial charge < -0.3 is 14.6 Å². The van der Waals surface area contributed by atoms with Crippen LogP contribution in [-0.4, -0.2) is 35.8 Å². The first-order valence-corrected chi connectivity index (χ1v) is 8.46. The number of amides is 2. The van der Waals surface area contributed by atoms with Gasteiger partial charge in [-0.05, 0) is 45.6 Å². The topological polar surface area (TPSA) is 62.6 Å². The Hall–Kier alpha value is -1.78. The van der Waals surface area contributed by atoms with E-state index in [0.717, 1.165) is 18.6 Å². The standard InChI is InChI=1S/C18H28N2O3/c1-11(2)13(4)19-17(21)15-7-6-8-20(10-15)18(22)16-9-12(3)23-14(16)5/h9,11,13,15H,6-8,10H2,1-5H3,(H,19,21). The Morgan fingerprint density at radius 2 is 2.00 bits per heavy atom. The summed E-state index contributed by atoms with van der Waals surface area (Å²) in [6.07, 6.45) is 1.69. The fourth-order valence-electron chi connectivity index (χ4n) is 2.90. The number of rotatable bonds is 4. The van der Waals surface area contributed by atoms with Crippen LogP contribution >= 0.6 is 0 Å². The Bertz CT molecular complexity index is 577. The number of carbonyl (C=O) groups excluding carboxylic acids is 2. The van der Waals surface area contributed by atoms with E-state index in [1.54, 1.807) is 17.9 Å². The number of piperidine rings is 1. The quantitative estimate of drug-likeness (QED) is 0.928. The lowest BCUT2D eigenvalue weighted by Gasteiger charge is -2.33. The third-order valence-corrected chi connectivity index (χ3v) is 4.72. The van der Waals surface area contributed by atoms with Gasteiger partial charge in [-0.1, -0.05) is 13.8 Å². The third-order valence-electron chi connectivity index (χ3n) is 4.72. The Morgan fingerprint density at radius 3 is 2.57 bits per heavy atom. The van der Waals surface area contributed by atoms with E-state index in [4.69, 9.17) is 4.42 Å². The van der Waals surface area contributed by atoms with Gasteiger partial charge >= 0.3 is 0 Å². The van der Waals surface area contributed by atoms with Crippen LogP contribution in [-0.2, 0) is 4.79 Å². The van der Waals surface area contributed by atoms with E-state index in [9.17, 15) is 9.59 Å². The minimum atomic E-state index is -0.123. The van der Waals surface area contributed by atoms with Crippen molar-refractivity contribution in [2.75, 3.05) is 13.1 Å². The van der Waals surface area contributed by atoms with Crippen LogP contribution in [0.2, 0.25) is 0 Å². The van der Waals surface area contributed by atoms with Crippen LogP contribution in [0.1, 0.15) is 55.5 Å². The third kappa shape index (κ3) is 4.15. The van der Waals surface area contributed by atoms with Gasteiger partial charge in [0.1, 0.15) is 11.5 Å². The summed E-state index contributed by atoms with van der Waals surface area (Å²) in [4.78, 5) is 26.9. The second-order valence-corrected chi connectivity index (χ2v) is 6.96. The van der Waals surface area contributed by atoms with Crippen molar-refractivity contribution in [2.24, 2.45) is 11.8 Å². The smallest absolute Gasteiger partial charge is 0.257 e. The predicted octanol–water partition coefficient (Wildman–Crippen LogP) is 2.91. The van der Waals surface area contributed by atoms with Gasteiger partial charge in [-0.25, -0.2) is 0 Å². The monoisotopic (exact) mass is 320 g/mol. The first kappa shape index (κ1) is 17.6. The van der Waals surface area contributed by atoms with E-state index < -0.39 is 0 Å². The van der Waals surface area contributed by atoms with Gasteiger partial charge in [-0.2, -0.15) is 0 Å². The van der Waals surface area contributed by atoms with Crippen molar-refractivity contribution in [1.82, 2.24) is 10.2 Å². The van der Waals surface area contributed by atoms with E-state index in [2.05, 4.69) is 19.2 Å². The molecule has 2 unspecified atom stereocenters. The van der Waals surface area contributed by atoms with Gasteiger partial charge in [0.25, 0.3) is 5.91 Å². The summed E-state index contributed by atoms with van der Waals surface area (Å²) in [6, 6.07) is 1.93. The predicted molar refractivity (Wildman–Crippen MR) is 89.3 cm³/mol. The minimum absolute atomic E-state index is 0.0336. The zero-order chi connectivity index (χ0) is 17.1. The number of carbonyl (C=O) groups is 2. The van der Waals surface area contributed by atoms with Crippen molar-refractivity contribution < 1.29 is 14.0 Å². The Kier molecular flexibility index (Phi) is 5.50. The molecular formula is C18H28N2O3. The van der Waals surface area contributed by atoms with Crippen LogP contribution in [0.3, 0.4) is 0 Å². The molecule has 2 rings (SSSR count). The maximum atomic E-state index is 12.7. The van der Waals surface area contributed by atoms with E-state index in [1.807, 2.05) is 13.8 Å². The average molecular weight is 320 g/mol. The Morgan fingerprint density at radius 1 is 1.30 bits per heavy atom. The molecule has 0 saturated carbocycles. The molecular weight excluding hydrogens is 292 g/mol. The first-order chi connectivity index (χ1) is 10.8. The molecule has 1 fully saturated rings. The number of furan rings is 1. The zero-order valence-electron chi connectivity index (χ0n) is 14.8. The molecule has 5 heteroatoms. The molecule has 2 atom stereocenters. The van der Waals surface area contributed by atoms with Crippen molar-refractivity contribution in [3.63, 3.8) is 0 Å². The molecule has 2 amide bonds. The molecule has 1 aliphatic heterocycles. The second kappa shape index (κ2) is 7.20. The van der Waals surface area contributed by atoms with Crippen molar-refractivity contribution in [2.45, 2.75) is 53.5 Å². The highest BCUT2D eigenvalue weighted by molar-refractivity contribution is 5.95. The molecule has 1 aliphatic rings. The fraction of sp³-hybridized carbons (Fsp3) is 0.667. The van der Waals surface area contributed by atoms with E-state index >= 15 is 0 Å². The van der Waals surface area contributed by atoms with Crippen molar-refractivity contribution in [1.29, 1.82) is 0 Å². The molecule has 0 aromatic carbocycles. The molecule has 1 saturated heterocycles. The zero-order valence-corrected chi connectivity index (χ0v) is 14.8. The van der Waals surface area contributed by atoms with Gasteiger partial charge in [-0.3, -0.25) is 9.59 Å². The minimum Gasteiger partial charge on any atom is -0.466 e. The molecule has 0 aliphatic carbocycles. The van der Waals surface area contributed by atoms with Gasteiger partial charge in [0.2, 0.25) is 5.91 Å². The van der Waals surface area contributed by atoms with Crippen LogP contribution in [0.15, 0.2) is 10.5 Å². The summed E-state index contributed by atoms with van der Waals surface area (Å²) < 4.78 is 5.45. The summed E-state index contributed by atoms with van der Waals surface area (Å²) >= 11 is 0. The summed E-state index contributed by atoms with van der Waals surface area (Å²) in [5.41, 5.74) is 0.610. The Balaban J connectivity index is 2.01. The summed E-state index contributed by atoms with van der Waals surface area (Å²) in [5, 5.41) is 3.07. The molecule has 1 aromatic heterocycles. The van der Waals surface area contributed by atoms with Crippen molar-refractivity contribution in [3.05, 3.63) is 23.2 Å². The van der Waals surface area contributed by atoms with Crippen molar-refractivity contribution in [3.8, 4) is 0 Å². The number of hydrogen-bond acceptors (Lipinski definition) is 3. The van der Waals surface area contributed by atoms with Gasteiger partial charge in [0.05, 0.1) is 11.5 Å². The number of nitrogens with one attached hydrogen (secondary N) is 1. The molecule has 0 radical (unpaired) electrons. The SMILES string of the molecule is Cc1cc(C(=O)N2CCCC(C(=O)NC(C)C(C)C)C2)c(C)o1. The average Bonchev–Trinajstić information content (AvgIpc) is 2.85. The van der Waals surface area contributed by atoms with Crippen LogP contribution < -0.4 is 5.32 Å². The highest BCUT2D eigenvalue weighted by Crippen LogP contribution is 2.22. The van der Waals surface area contributed by atoms with Crippen LogP contribution in [0.4, 0.5) is 0 Å². The Labute approximate surface area is 138 Å². The van der Waals surface area contributed by atoms with Gasteiger partial charge in [-0.15, -0.1) is 0 Å². The molecule has 5 nitrogen and oxygen atoms in total. The van der Waals surface area contributed by atoms with Crippen LogP contribution in [0.25, 0.3) is 0 Å².